The van der Waals surface area contributed by atoms with Crippen molar-refractivity contribution in [2.24, 2.45) is 7.05 Å². The number of amides is 1. The van der Waals surface area contributed by atoms with E-state index in [4.69, 9.17) is 16.6 Å². The molecule has 4 N–H and O–H groups in total. The maximum Gasteiger partial charge on any atom is 0.266 e. The molecule has 1 amide bonds. The van der Waals surface area contributed by atoms with Gasteiger partial charge in [-0.2, -0.15) is 5.10 Å². The Kier molecular flexibility index (Phi) is 9.84. The fraction of sp³-hybridized carbons (Fsp3) is 0.189. The number of sulfone groups is 1. The van der Waals surface area contributed by atoms with Crippen LogP contribution in [-0.2, 0) is 50.3 Å². The van der Waals surface area contributed by atoms with E-state index in [1.807, 2.05) is 0 Å². The third-order valence-electron chi connectivity index (χ3n) is 8.94. The molecule has 7 rings (SSSR count). The van der Waals surface area contributed by atoms with E-state index < -0.39 is 49.0 Å². The number of halogens is 3. The third-order valence-corrected chi connectivity index (χ3v) is 10.7. The second-order valence-corrected chi connectivity index (χ2v) is 17.8. The van der Waals surface area contributed by atoms with Crippen LogP contribution < -0.4 is 15.6 Å². The molecule has 290 valence electrons. The Morgan fingerprint density at radius 2 is 1.70 bits per heavy atom. The van der Waals surface area contributed by atoms with Crippen LogP contribution in [0.5, 0.6) is 5.75 Å². The highest BCUT2D eigenvalue weighted by atomic mass is 35.5. The first kappa shape index (κ1) is 38.4. The van der Waals surface area contributed by atoms with Crippen LogP contribution in [0.15, 0.2) is 77.7 Å². The number of H-pyrrole nitrogens is 1. The van der Waals surface area contributed by atoms with E-state index in [9.17, 15) is 40.3 Å². The summed E-state index contributed by atoms with van der Waals surface area (Å²) in [6.07, 6.45) is 3.06. The summed E-state index contributed by atoms with van der Waals surface area (Å²) in [5, 5.41) is 18.2. The molecule has 19 heteroatoms. The number of nitrogens with zero attached hydrogens (tertiary/aromatic N) is 4. The number of nitrogens with one attached hydrogen (secondary N) is 3. The molecule has 0 aliphatic carbocycles. The number of aromatic nitrogens is 5. The van der Waals surface area contributed by atoms with E-state index >= 15 is 0 Å². The highest BCUT2D eigenvalue weighted by molar-refractivity contribution is 7.92. The van der Waals surface area contributed by atoms with Gasteiger partial charge in [0.2, 0.25) is 15.9 Å². The van der Waals surface area contributed by atoms with Gasteiger partial charge in [-0.1, -0.05) is 17.7 Å². The first-order valence-corrected chi connectivity index (χ1v) is 21.1. The van der Waals surface area contributed by atoms with Crippen LogP contribution in [-0.4, -0.2) is 64.7 Å². The van der Waals surface area contributed by atoms with E-state index in [2.05, 4.69) is 20.1 Å². The number of aromatic amines is 1. The maximum atomic E-state index is 14.8. The van der Waals surface area contributed by atoms with Gasteiger partial charge in [-0.15, -0.1) is 0 Å². The molecule has 0 unspecified atom stereocenters. The van der Waals surface area contributed by atoms with Crippen LogP contribution in [0.4, 0.5) is 14.6 Å². The Labute approximate surface area is 322 Å². The molecular weight excluding hydrogens is 792 g/mol. The molecule has 0 spiro atoms. The smallest absolute Gasteiger partial charge is 0.266 e. The summed E-state index contributed by atoms with van der Waals surface area (Å²) in [5.41, 5.74) is 1.25. The van der Waals surface area contributed by atoms with Gasteiger partial charge in [0.15, 0.2) is 15.7 Å². The molecular formula is C37H32ClF2N7O7S2. The summed E-state index contributed by atoms with van der Waals surface area (Å²) in [4.78, 5) is 36.6. The van der Waals surface area contributed by atoms with Crippen LogP contribution in [0, 0.1) is 11.6 Å². The number of carbonyl (C=O) groups excluding carboxylic acids is 1. The van der Waals surface area contributed by atoms with E-state index in [1.54, 1.807) is 12.3 Å². The standard InChI is InChI=1S/C37H32ClF2N7O7S2/c1-46-34-31(9-7-27(38)33(34)35(44-46)45-56(3,53)54)47-36(43-29-12-19(18-55(2,51)52)4-6-25(29)37(47)50)30(13-20-10-22(39)15-23(40)11-20)42-32(49)14-21-17-41-28-8-5-24(48)16-26(21)28/h4-12,15-17,30,41,48H,13-14,18H2,1-3H3,(H,42,49)(H,44,45)/t30-/m0/s1. The van der Waals surface area contributed by atoms with Gasteiger partial charge < -0.3 is 15.4 Å². The lowest BCUT2D eigenvalue weighted by molar-refractivity contribution is -0.121. The lowest BCUT2D eigenvalue weighted by atomic mass is 10.0. The SMILES string of the molecule is Cn1nc(NS(C)(=O)=O)c2c(Cl)ccc(-n3c([C@H](Cc4cc(F)cc(F)c4)NC(=O)Cc4c[nH]c5ccc(O)cc45)nc4cc(CS(C)(=O)=O)ccc4c3=O)c21. The minimum absolute atomic E-state index is 0.0243. The Morgan fingerprint density at radius 1 is 0.964 bits per heavy atom. The van der Waals surface area contributed by atoms with Crippen molar-refractivity contribution >= 4 is 75.9 Å². The lowest BCUT2D eigenvalue weighted by Gasteiger charge is -2.24. The predicted octanol–water partition coefficient (Wildman–Crippen LogP) is 4.95. The summed E-state index contributed by atoms with van der Waals surface area (Å²) >= 11 is 6.61. The molecule has 0 bridgehead atoms. The number of rotatable bonds is 11. The number of benzene rings is 4. The number of phenols is 1. The summed E-state index contributed by atoms with van der Waals surface area (Å²) in [5.74, 6) is -3.02. The summed E-state index contributed by atoms with van der Waals surface area (Å²) in [7, 11) is -5.87. The minimum Gasteiger partial charge on any atom is -0.508 e. The van der Waals surface area contributed by atoms with Gasteiger partial charge >= 0.3 is 0 Å². The van der Waals surface area contributed by atoms with Gasteiger partial charge in [-0.25, -0.2) is 30.6 Å². The Bertz CT molecular complexity index is 3020. The number of aromatic hydroxyl groups is 1. The Morgan fingerprint density at radius 3 is 2.39 bits per heavy atom. The van der Waals surface area contributed by atoms with Crippen molar-refractivity contribution in [1.29, 1.82) is 0 Å². The van der Waals surface area contributed by atoms with Gasteiger partial charge in [0, 0.05) is 42.9 Å². The maximum absolute atomic E-state index is 14.8. The molecule has 0 radical (unpaired) electrons. The van der Waals surface area contributed by atoms with E-state index in [1.165, 1.54) is 58.8 Å². The van der Waals surface area contributed by atoms with E-state index in [0.717, 1.165) is 24.6 Å². The fourth-order valence-corrected chi connectivity index (χ4v) is 8.32. The zero-order valence-corrected chi connectivity index (χ0v) is 32.2. The molecule has 14 nitrogen and oxygen atoms in total. The quantitative estimate of drug-likeness (QED) is 0.140. The van der Waals surface area contributed by atoms with E-state index in [-0.39, 0.29) is 74.1 Å². The molecule has 7 aromatic rings. The van der Waals surface area contributed by atoms with Crippen molar-refractivity contribution in [2.75, 3.05) is 17.2 Å². The molecule has 0 saturated heterocycles. The molecule has 56 heavy (non-hydrogen) atoms. The second-order valence-electron chi connectivity index (χ2n) is 13.5. The van der Waals surface area contributed by atoms with Crippen molar-refractivity contribution in [3.05, 3.63) is 122 Å². The van der Waals surface area contributed by atoms with Crippen LogP contribution in [0.25, 0.3) is 38.4 Å². The monoisotopic (exact) mass is 823 g/mol. The fourth-order valence-electron chi connectivity index (χ4n) is 6.80. The number of hydrogen-bond acceptors (Lipinski definition) is 9. The molecule has 3 aromatic heterocycles. The van der Waals surface area contributed by atoms with Gasteiger partial charge in [-0.05, 0) is 71.3 Å². The zero-order valence-electron chi connectivity index (χ0n) is 29.8. The van der Waals surface area contributed by atoms with Crippen LogP contribution in [0.1, 0.15) is 28.6 Å². The number of phenolic OH excluding ortho intramolecular Hbond substituents is 1. The number of aryl methyl sites for hydroxylation is 1. The zero-order chi connectivity index (χ0) is 40.3. The van der Waals surface area contributed by atoms with Gasteiger partial charge in [0.05, 0.1) is 57.0 Å². The predicted molar refractivity (Wildman–Crippen MR) is 208 cm³/mol. The molecule has 3 heterocycles. The average Bonchev–Trinajstić information content (AvgIpc) is 3.62. The summed E-state index contributed by atoms with van der Waals surface area (Å²) < 4.78 is 83.1. The molecule has 4 aromatic carbocycles. The van der Waals surface area contributed by atoms with Crippen molar-refractivity contribution in [2.45, 2.75) is 24.6 Å². The van der Waals surface area contributed by atoms with Gasteiger partial charge in [-0.3, -0.25) is 23.6 Å². The number of carbonyl (C=O) groups is 1. The molecule has 0 saturated carbocycles. The van der Waals surface area contributed by atoms with Crippen molar-refractivity contribution in [3.8, 4) is 11.4 Å². The van der Waals surface area contributed by atoms with Crippen molar-refractivity contribution < 1.29 is 35.5 Å². The van der Waals surface area contributed by atoms with Crippen molar-refractivity contribution in [3.63, 3.8) is 0 Å². The normalized spacial score (nSPS) is 12.8. The first-order valence-electron chi connectivity index (χ1n) is 16.7. The average molecular weight is 824 g/mol. The van der Waals surface area contributed by atoms with Gasteiger partial charge in [0.1, 0.15) is 23.2 Å². The first-order chi connectivity index (χ1) is 26.3. The number of fused-ring (bicyclic) bond motifs is 3. The van der Waals surface area contributed by atoms with E-state index in [0.29, 0.717) is 28.1 Å². The Balaban J connectivity index is 1.48. The number of hydrogen-bond donors (Lipinski definition) is 4. The van der Waals surface area contributed by atoms with Crippen molar-refractivity contribution in [1.82, 2.24) is 29.6 Å². The van der Waals surface area contributed by atoms with Gasteiger partial charge in [0.25, 0.3) is 5.56 Å². The Hall–Kier alpha value is -5.85. The van der Waals surface area contributed by atoms with Crippen LogP contribution in [0.2, 0.25) is 5.02 Å². The largest absolute Gasteiger partial charge is 0.508 e. The summed E-state index contributed by atoms with van der Waals surface area (Å²) in [6, 6.07) is 13.4. The minimum atomic E-state index is -3.85. The molecule has 0 aliphatic rings. The summed E-state index contributed by atoms with van der Waals surface area (Å²) in [6.45, 7) is 0. The third kappa shape index (κ3) is 7.93. The number of sulfonamides is 1. The van der Waals surface area contributed by atoms with Crippen LogP contribution in [0.3, 0.4) is 0 Å². The molecule has 1 atom stereocenters. The second kappa shape index (κ2) is 14.3. The highest BCUT2D eigenvalue weighted by Crippen LogP contribution is 2.36. The highest BCUT2D eigenvalue weighted by Gasteiger charge is 2.28. The topological polar surface area (TPSA) is 198 Å². The van der Waals surface area contributed by atoms with Crippen LogP contribution >= 0.6 is 11.6 Å². The number of anilines is 1. The molecule has 0 fully saturated rings. The lowest BCUT2D eigenvalue weighted by Crippen LogP contribution is -2.36. The molecule has 0 aliphatic heterocycles.